The van der Waals surface area contributed by atoms with E-state index >= 15 is 0 Å². The highest BCUT2D eigenvalue weighted by molar-refractivity contribution is 9.10. The minimum Gasteiger partial charge on any atom is -0.464 e. The number of hydrogen-bond donors (Lipinski definition) is 0. The number of carbonyl (C=O) groups is 1. The lowest BCUT2D eigenvalue weighted by molar-refractivity contribution is 0.0593. The van der Waals surface area contributed by atoms with E-state index in [1.807, 2.05) is 6.07 Å². The van der Waals surface area contributed by atoms with E-state index in [2.05, 4.69) is 30.6 Å². The van der Waals surface area contributed by atoms with Crippen LogP contribution < -0.4 is 0 Å². The molecule has 18 heavy (non-hydrogen) atoms. The number of aromatic nitrogens is 2. The van der Waals surface area contributed by atoms with Crippen LogP contribution in [0.25, 0.3) is 11.3 Å². The summed E-state index contributed by atoms with van der Waals surface area (Å²) >= 11 is 9.22. The lowest BCUT2D eigenvalue weighted by Gasteiger charge is -2.05. The topological polar surface area (TPSA) is 52.1 Å². The Morgan fingerprint density at radius 1 is 1.44 bits per heavy atom. The molecule has 6 heteroatoms. The fourth-order valence-electron chi connectivity index (χ4n) is 1.40. The summed E-state index contributed by atoms with van der Waals surface area (Å²) in [5.74, 6) is -0.529. The molecule has 0 unspecified atom stereocenters. The van der Waals surface area contributed by atoms with E-state index in [1.165, 1.54) is 13.3 Å². The average molecular weight is 328 g/mol. The molecule has 0 saturated heterocycles. The lowest BCUT2D eigenvalue weighted by atomic mass is 10.1. The van der Waals surface area contributed by atoms with Crippen LogP contribution in [0.4, 0.5) is 0 Å². The van der Waals surface area contributed by atoms with Gasteiger partial charge in [0, 0.05) is 10.6 Å². The molecular weight excluding hydrogens is 320 g/mol. The summed E-state index contributed by atoms with van der Waals surface area (Å²) in [6.07, 6.45) is 1.35. The Hall–Kier alpha value is -1.46. The van der Waals surface area contributed by atoms with Crippen molar-refractivity contribution in [1.82, 2.24) is 9.97 Å². The van der Waals surface area contributed by atoms with E-state index in [1.54, 1.807) is 18.2 Å². The van der Waals surface area contributed by atoms with Crippen molar-refractivity contribution < 1.29 is 9.53 Å². The van der Waals surface area contributed by atoms with Gasteiger partial charge in [0.2, 0.25) is 0 Å². The predicted molar refractivity (Wildman–Crippen MR) is 71.5 cm³/mol. The van der Waals surface area contributed by atoms with E-state index in [0.29, 0.717) is 15.3 Å². The number of esters is 1. The molecule has 1 aromatic carbocycles. The number of benzene rings is 1. The second-order valence-corrected chi connectivity index (χ2v) is 4.58. The van der Waals surface area contributed by atoms with Crippen LogP contribution >= 0.6 is 27.5 Å². The molecule has 2 rings (SSSR count). The second kappa shape index (κ2) is 5.46. The molecule has 4 nitrogen and oxygen atoms in total. The molecule has 0 aliphatic carbocycles. The Bertz CT molecular complexity index is 604. The molecule has 0 radical (unpaired) electrons. The molecule has 92 valence electrons. The highest BCUT2D eigenvalue weighted by atomic mass is 79.9. The predicted octanol–water partition coefficient (Wildman–Crippen LogP) is 3.35. The van der Waals surface area contributed by atoms with Gasteiger partial charge >= 0.3 is 5.97 Å². The van der Waals surface area contributed by atoms with Crippen molar-refractivity contribution in [2.24, 2.45) is 0 Å². The first-order chi connectivity index (χ1) is 8.61. The first-order valence-electron chi connectivity index (χ1n) is 4.98. The number of methoxy groups -OCH3 is 1. The number of halogens is 2. The minimum absolute atomic E-state index is 0.149. The second-order valence-electron chi connectivity index (χ2n) is 3.40. The van der Waals surface area contributed by atoms with Gasteiger partial charge in [-0.1, -0.05) is 23.7 Å². The summed E-state index contributed by atoms with van der Waals surface area (Å²) in [6, 6.07) is 7.15. The number of carbonyl (C=O) groups excluding carboxylic acids is 1. The summed E-state index contributed by atoms with van der Waals surface area (Å²) in [5.41, 5.74) is 1.46. The van der Waals surface area contributed by atoms with Gasteiger partial charge in [0.1, 0.15) is 10.3 Å². The van der Waals surface area contributed by atoms with Gasteiger partial charge in [-0.3, -0.25) is 0 Å². The zero-order chi connectivity index (χ0) is 13.1. The van der Waals surface area contributed by atoms with E-state index < -0.39 is 5.97 Å². The highest BCUT2D eigenvalue weighted by Crippen LogP contribution is 2.26. The highest BCUT2D eigenvalue weighted by Gasteiger charge is 2.13. The Kier molecular flexibility index (Phi) is 3.93. The van der Waals surface area contributed by atoms with Gasteiger partial charge in [-0.05, 0) is 28.1 Å². The van der Waals surface area contributed by atoms with Crippen molar-refractivity contribution in [3.8, 4) is 11.3 Å². The Balaban J connectivity index is 2.53. The average Bonchev–Trinajstić information content (AvgIpc) is 2.38. The van der Waals surface area contributed by atoms with Crippen molar-refractivity contribution in [3.05, 3.63) is 45.8 Å². The van der Waals surface area contributed by atoms with Crippen molar-refractivity contribution in [1.29, 1.82) is 0 Å². The number of nitrogens with zero attached hydrogens (tertiary/aromatic N) is 2. The van der Waals surface area contributed by atoms with Gasteiger partial charge in [0.15, 0.2) is 5.69 Å². The standard InChI is InChI=1S/C12H8BrClN2O2/c1-18-12(17)9-6-15-11(13)10(16-9)7-3-2-4-8(14)5-7/h2-6H,1H3. The maximum absolute atomic E-state index is 11.4. The molecule has 0 fully saturated rings. The van der Waals surface area contributed by atoms with Crippen LogP contribution in [-0.4, -0.2) is 23.0 Å². The first kappa shape index (κ1) is 13.0. The normalized spacial score (nSPS) is 10.2. The fraction of sp³-hybridized carbons (Fsp3) is 0.0833. The smallest absolute Gasteiger partial charge is 0.358 e. The molecular formula is C12H8BrClN2O2. The van der Waals surface area contributed by atoms with Crippen LogP contribution in [0.2, 0.25) is 5.02 Å². The third kappa shape index (κ3) is 2.68. The zero-order valence-electron chi connectivity index (χ0n) is 9.35. The van der Waals surface area contributed by atoms with E-state index in [0.717, 1.165) is 5.56 Å². The van der Waals surface area contributed by atoms with Crippen molar-refractivity contribution in [3.63, 3.8) is 0 Å². The third-order valence-corrected chi connectivity index (χ3v) is 3.04. The first-order valence-corrected chi connectivity index (χ1v) is 6.15. The van der Waals surface area contributed by atoms with Crippen LogP contribution in [0.1, 0.15) is 10.5 Å². The van der Waals surface area contributed by atoms with Crippen LogP contribution in [0, 0.1) is 0 Å². The zero-order valence-corrected chi connectivity index (χ0v) is 11.7. The largest absolute Gasteiger partial charge is 0.464 e. The molecule has 0 amide bonds. The molecule has 0 bridgehead atoms. The lowest BCUT2D eigenvalue weighted by Crippen LogP contribution is -2.06. The van der Waals surface area contributed by atoms with Crippen molar-refractivity contribution in [2.45, 2.75) is 0 Å². The van der Waals surface area contributed by atoms with Crippen molar-refractivity contribution >= 4 is 33.5 Å². The monoisotopic (exact) mass is 326 g/mol. The minimum atomic E-state index is -0.529. The molecule has 0 saturated carbocycles. The molecule has 1 aromatic heterocycles. The summed E-state index contributed by atoms with van der Waals surface area (Å²) in [5, 5.41) is 0.588. The SMILES string of the molecule is COC(=O)c1cnc(Br)c(-c2cccc(Cl)c2)n1. The molecule has 0 aliphatic heterocycles. The molecule has 2 aromatic rings. The Morgan fingerprint density at radius 2 is 2.22 bits per heavy atom. The van der Waals surface area contributed by atoms with Gasteiger partial charge in [0.25, 0.3) is 0 Å². The molecule has 0 N–H and O–H groups in total. The maximum atomic E-state index is 11.4. The third-order valence-electron chi connectivity index (χ3n) is 2.22. The summed E-state index contributed by atoms with van der Waals surface area (Å²) in [6.45, 7) is 0. The summed E-state index contributed by atoms with van der Waals surface area (Å²) in [7, 11) is 1.30. The van der Waals surface area contributed by atoms with E-state index in [4.69, 9.17) is 11.6 Å². The Morgan fingerprint density at radius 3 is 2.89 bits per heavy atom. The van der Waals surface area contributed by atoms with Crippen LogP contribution in [0.3, 0.4) is 0 Å². The van der Waals surface area contributed by atoms with Gasteiger partial charge in [-0.2, -0.15) is 0 Å². The molecule has 1 heterocycles. The number of rotatable bonds is 2. The van der Waals surface area contributed by atoms with E-state index in [9.17, 15) is 4.79 Å². The summed E-state index contributed by atoms with van der Waals surface area (Å²) < 4.78 is 5.15. The summed E-state index contributed by atoms with van der Waals surface area (Å²) in [4.78, 5) is 19.7. The Labute approximate surface area is 117 Å². The molecule has 0 spiro atoms. The molecule has 0 aliphatic rings. The van der Waals surface area contributed by atoms with Crippen LogP contribution in [0.15, 0.2) is 35.1 Å². The quantitative estimate of drug-likeness (QED) is 0.794. The number of ether oxygens (including phenoxy) is 1. The van der Waals surface area contributed by atoms with Crippen molar-refractivity contribution in [2.75, 3.05) is 7.11 Å². The van der Waals surface area contributed by atoms with Gasteiger partial charge in [0.05, 0.1) is 13.3 Å². The van der Waals surface area contributed by atoms with Crippen LogP contribution in [0.5, 0.6) is 0 Å². The van der Waals surface area contributed by atoms with Gasteiger partial charge < -0.3 is 4.74 Å². The molecule has 0 atom stereocenters. The number of hydrogen-bond acceptors (Lipinski definition) is 4. The van der Waals surface area contributed by atoms with E-state index in [-0.39, 0.29) is 5.69 Å². The maximum Gasteiger partial charge on any atom is 0.358 e. The fourth-order valence-corrected chi connectivity index (χ4v) is 2.01. The van der Waals surface area contributed by atoms with Gasteiger partial charge in [-0.15, -0.1) is 0 Å². The van der Waals surface area contributed by atoms with Gasteiger partial charge in [-0.25, -0.2) is 14.8 Å². The van der Waals surface area contributed by atoms with Crippen LogP contribution in [-0.2, 0) is 4.74 Å².